The molecule has 7 heteroatoms. The van der Waals surface area contributed by atoms with E-state index in [0.717, 1.165) is 18.4 Å². The van der Waals surface area contributed by atoms with Gasteiger partial charge in [-0.05, 0) is 38.3 Å². The standard InChI is InChI=1S/C26H35N3O4/c1-5-6-17-29(22(30)19-28-25(32)33-26(2,3)4)23(21-15-11-8-12-16-21)24(31)27-18-20-13-9-7-10-14-20/h7-16,23H,5-6,17-19H2,1-4H3,(H,27,31)(H,28,32). The van der Waals surface area contributed by atoms with Crippen molar-refractivity contribution in [1.29, 1.82) is 0 Å². The highest BCUT2D eigenvalue weighted by Gasteiger charge is 2.31. The molecule has 0 saturated heterocycles. The second-order valence-corrected chi connectivity index (χ2v) is 8.81. The molecule has 0 heterocycles. The first kappa shape index (κ1) is 25.9. The second kappa shape index (κ2) is 12.6. The number of unbranched alkanes of at least 4 members (excludes halogenated alkanes) is 1. The van der Waals surface area contributed by atoms with E-state index in [9.17, 15) is 14.4 Å². The number of nitrogens with zero attached hydrogens (tertiary/aromatic N) is 1. The molecular weight excluding hydrogens is 418 g/mol. The summed E-state index contributed by atoms with van der Waals surface area (Å²) in [5.74, 6) is -0.621. The highest BCUT2D eigenvalue weighted by atomic mass is 16.6. The van der Waals surface area contributed by atoms with Crippen molar-refractivity contribution >= 4 is 17.9 Å². The minimum atomic E-state index is -0.811. The van der Waals surface area contributed by atoms with Gasteiger partial charge in [0.15, 0.2) is 0 Å². The molecular formula is C26H35N3O4. The highest BCUT2D eigenvalue weighted by molar-refractivity contribution is 5.90. The number of amides is 3. The molecule has 0 radical (unpaired) electrons. The quantitative estimate of drug-likeness (QED) is 0.564. The van der Waals surface area contributed by atoms with Crippen molar-refractivity contribution in [2.45, 2.75) is 58.7 Å². The van der Waals surface area contributed by atoms with Gasteiger partial charge in [-0.3, -0.25) is 9.59 Å². The van der Waals surface area contributed by atoms with Crippen LogP contribution in [-0.4, -0.2) is 41.5 Å². The molecule has 0 aromatic heterocycles. The number of rotatable bonds is 10. The third-order valence-electron chi connectivity index (χ3n) is 4.84. The van der Waals surface area contributed by atoms with Gasteiger partial charge in [0, 0.05) is 13.1 Å². The fraction of sp³-hybridized carbons (Fsp3) is 0.423. The molecule has 178 valence electrons. The molecule has 2 aromatic rings. The van der Waals surface area contributed by atoms with Gasteiger partial charge < -0.3 is 20.3 Å². The van der Waals surface area contributed by atoms with E-state index in [1.54, 1.807) is 20.8 Å². The molecule has 7 nitrogen and oxygen atoms in total. The number of carbonyl (C=O) groups is 3. The highest BCUT2D eigenvalue weighted by Crippen LogP contribution is 2.22. The zero-order chi connectivity index (χ0) is 24.3. The Morgan fingerprint density at radius 2 is 1.55 bits per heavy atom. The van der Waals surface area contributed by atoms with Gasteiger partial charge in [0.1, 0.15) is 18.2 Å². The van der Waals surface area contributed by atoms with E-state index in [0.29, 0.717) is 18.7 Å². The summed E-state index contributed by atoms with van der Waals surface area (Å²) >= 11 is 0. The van der Waals surface area contributed by atoms with Gasteiger partial charge in [0.05, 0.1) is 0 Å². The Morgan fingerprint density at radius 3 is 2.12 bits per heavy atom. The summed E-state index contributed by atoms with van der Waals surface area (Å²) < 4.78 is 5.23. The minimum absolute atomic E-state index is 0.256. The topological polar surface area (TPSA) is 87.7 Å². The maximum Gasteiger partial charge on any atom is 0.408 e. The zero-order valence-electron chi connectivity index (χ0n) is 20.0. The Kier molecular flexibility index (Phi) is 9.91. The van der Waals surface area contributed by atoms with Crippen molar-refractivity contribution in [3.63, 3.8) is 0 Å². The number of hydrogen-bond acceptors (Lipinski definition) is 4. The van der Waals surface area contributed by atoms with E-state index in [4.69, 9.17) is 4.74 Å². The number of ether oxygens (including phenoxy) is 1. The van der Waals surface area contributed by atoms with Crippen LogP contribution in [-0.2, 0) is 20.9 Å². The van der Waals surface area contributed by atoms with Gasteiger partial charge in [0.2, 0.25) is 11.8 Å². The second-order valence-electron chi connectivity index (χ2n) is 8.81. The fourth-order valence-electron chi connectivity index (χ4n) is 3.28. The lowest BCUT2D eigenvalue weighted by Gasteiger charge is -2.31. The molecule has 0 aliphatic heterocycles. The molecule has 0 bridgehead atoms. The summed E-state index contributed by atoms with van der Waals surface area (Å²) in [6.07, 6.45) is 0.917. The smallest absolute Gasteiger partial charge is 0.408 e. The Hall–Kier alpha value is -3.35. The number of hydrogen-bond donors (Lipinski definition) is 2. The van der Waals surface area contributed by atoms with Gasteiger partial charge in [0.25, 0.3) is 0 Å². The van der Waals surface area contributed by atoms with Gasteiger partial charge in [-0.15, -0.1) is 0 Å². The van der Waals surface area contributed by atoms with Crippen LogP contribution in [0.15, 0.2) is 60.7 Å². The van der Waals surface area contributed by atoms with Crippen LogP contribution >= 0.6 is 0 Å². The molecule has 33 heavy (non-hydrogen) atoms. The predicted molar refractivity (Wildman–Crippen MR) is 128 cm³/mol. The average Bonchev–Trinajstić information content (AvgIpc) is 2.78. The average molecular weight is 454 g/mol. The van der Waals surface area contributed by atoms with E-state index < -0.39 is 17.7 Å². The molecule has 2 aromatic carbocycles. The Morgan fingerprint density at radius 1 is 0.939 bits per heavy atom. The normalized spacial score (nSPS) is 11.9. The van der Waals surface area contributed by atoms with Crippen LogP contribution in [0.3, 0.4) is 0 Å². The van der Waals surface area contributed by atoms with Crippen molar-refractivity contribution in [2.24, 2.45) is 0 Å². The number of alkyl carbamates (subject to hydrolysis) is 1. The van der Waals surface area contributed by atoms with E-state index in [-0.39, 0.29) is 18.4 Å². The molecule has 2 rings (SSSR count). The van der Waals surface area contributed by atoms with Gasteiger partial charge in [-0.2, -0.15) is 0 Å². The van der Waals surface area contributed by atoms with Gasteiger partial charge in [-0.1, -0.05) is 74.0 Å². The molecule has 2 N–H and O–H groups in total. The minimum Gasteiger partial charge on any atom is -0.444 e. The molecule has 0 fully saturated rings. The van der Waals surface area contributed by atoms with Crippen LogP contribution in [0.2, 0.25) is 0 Å². The lowest BCUT2D eigenvalue weighted by molar-refractivity contribution is -0.140. The number of nitrogens with one attached hydrogen (secondary N) is 2. The lowest BCUT2D eigenvalue weighted by atomic mass is 10.0. The van der Waals surface area contributed by atoms with Crippen molar-refractivity contribution in [1.82, 2.24) is 15.5 Å². The van der Waals surface area contributed by atoms with E-state index in [1.807, 2.05) is 67.6 Å². The maximum atomic E-state index is 13.3. The van der Waals surface area contributed by atoms with Crippen LogP contribution < -0.4 is 10.6 Å². The maximum absolute atomic E-state index is 13.3. The largest absolute Gasteiger partial charge is 0.444 e. The van der Waals surface area contributed by atoms with Gasteiger partial charge in [-0.25, -0.2) is 4.79 Å². The molecule has 0 spiro atoms. The Balaban J connectivity index is 2.21. The van der Waals surface area contributed by atoms with Crippen molar-refractivity contribution in [2.75, 3.05) is 13.1 Å². The molecule has 1 unspecified atom stereocenters. The van der Waals surface area contributed by atoms with E-state index in [2.05, 4.69) is 10.6 Å². The Labute approximate surface area is 196 Å². The zero-order valence-corrected chi connectivity index (χ0v) is 20.0. The first-order valence-electron chi connectivity index (χ1n) is 11.3. The molecule has 3 amide bonds. The number of carbonyl (C=O) groups excluding carboxylic acids is 3. The Bertz CT molecular complexity index is 895. The van der Waals surface area contributed by atoms with Crippen LogP contribution in [0, 0.1) is 0 Å². The van der Waals surface area contributed by atoms with Crippen LogP contribution in [0.4, 0.5) is 4.79 Å². The lowest BCUT2D eigenvalue weighted by Crippen LogP contribution is -2.48. The predicted octanol–water partition coefficient (Wildman–Crippen LogP) is 4.20. The van der Waals surface area contributed by atoms with Crippen LogP contribution in [0.1, 0.15) is 57.7 Å². The summed E-state index contributed by atoms with van der Waals surface area (Å²) in [5.41, 5.74) is 1.01. The number of benzene rings is 2. The van der Waals surface area contributed by atoms with Crippen LogP contribution in [0.5, 0.6) is 0 Å². The summed E-state index contributed by atoms with van der Waals surface area (Å²) in [4.78, 5) is 40.1. The first-order chi connectivity index (χ1) is 15.7. The van der Waals surface area contributed by atoms with E-state index >= 15 is 0 Å². The molecule has 0 saturated carbocycles. The van der Waals surface area contributed by atoms with E-state index in [1.165, 1.54) is 4.90 Å². The van der Waals surface area contributed by atoms with Crippen LogP contribution in [0.25, 0.3) is 0 Å². The SMILES string of the molecule is CCCCN(C(=O)CNC(=O)OC(C)(C)C)C(C(=O)NCc1ccccc1)c1ccccc1. The summed E-state index contributed by atoms with van der Waals surface area (Å²) in [5, 5.41) is 5.48. The van der Waals surface area contributed by atoms with Crippen molar-refractivity contribution in [3.05, 3.63) is 71.8 Å². The summed E-state index contributed by atoms with van der Waals surface area (Å²) in [7, 11) is 0. The van der Waals surface area contributed by atoms with Gasteiger partial charge >= 0.3 is 6.09 Å². The third-order valence-corrected chi connectivity index (χ3v) is 4.84. The first-order valence-corrected chi connectivity index (χ1v) is 11.3. The third kappa shape index (κ3) is 8.96. The molecule has 1 atom stereocenters. The summed E-state index contributed by atoms with van der Waals surface area (Å²) in [6, 6.07) is 18.0. The molecule has 0 aliphatic carbocycles. The molecule has 0 aliphatic rings. The monoisotopic (exact) mass is 453 g/mol. The van der Waals surface area contributed by atoms with Crippen molar-refractivity contribution < 1.29 is 19.1 Å². The fourth-order valence-corrected chi connectivity index (χ4v) is 3.28. The summed E-state index contributed by atoms with van der Waals surface area (Å²) in [6.45, 7) is 7.78. The van der Waals surface area contributed by atoms with Crippen molar-refractivity contribution in [3.8, 4) is 0 Å².